The van der Waals surface area contributed by atoms with E-state index in [9.17, 15) is 0 Å². The van der Waals surface area contributed by atoms with E-state index in [0.29, 0.717) is 11.8 Å². The summed E-state index contributed by atoms with van der Waals surface area (Å²) in [6.07, 6.45) is 5.06. The Morgan fingerprint density at radius 2 is 2.09 bits per heavy atom. The van der Waals surface area contributed by atoms with E-state index in [-0.39, 0.29) is 0 Å². The summed E-state index contributed by atoms with van der Waals surface area (Å²) in [5.74, 6) is 1.65. The molecule has 0 spiro atoms. The van der Waals surface area contributed by atoms with Crippen LogP contribution in [0, 0.1) is 13.8 Å². The van der Waals surface area contributed by atoms with Crippen LogP contribution in [0.4, 0.5) is 5.82 Å². The molecule has 4 rings (SSSR count). The van der Waals surface area contributed by atoms with Gasteiger partial charge >= 0.3 is 0 Å². The zero-order valence-corrected chi connectivity index (χ0v) is 12.9. The fourth-order valence-electron chi connectivity index (χ4n) is 3.27. The second kappa shape index (κ2) is 5.09. The first-order chi connectivity index (χ1) is 10.7. The Bertz CT molecular complexity index is 836. The number of benzene rings is 1. The zero-order chi connectivity index (χ0) is 15.1. The van der Waals surface area contributed by atoms with Gasteiger partial charge in [-0.05, 0) is 44.2 Å². The number of anilines is 1. The second-order valence-corrected chi connectivity index (χ2v) is 5.93. The van der Waals surface area contributed by atoms with Crippen molar-refractivity contribution in [3.63, 3.8) is 0 Å². The molecule has 1 aromatic carbocycles. The molecule has 22 heavy (non-hydrogen) atoms. The third kappa shape index (κ3) is 2.04. The number of nitrogens with zero attached hydrogens (tertiary/aromatic N) is 4. The van der Waals surface area contributed by atoms with E-state index in [4.69, 9.17) is 0 Å². The number of fused-ring (bicyclic) bond motifs is 2. The van der Waals surface area contributed by atoms with Crippen molar-refractivity contribution in [1.29, 1.82) is 0 Å². The van der Waals surface area contributed by atoms with Crippen molar-refractivity contribution in [3.8, 4) is 0 Å². The van der Waals surface area contributed by atoms with Crippen molar-refractivity contribution < 1.29 is 0 Å². The molecule has 0 saturated heterocycles. The predicted molar refractivity (Wildman–Crippen MR) is 86.0 cm³/mol. The molecule has 5 nitrogen and oxygen atoms in total. The molecule has 0 saturated carbocycles. The van der Waals surface area contributed by atoms with Crippen molar-refractivity contribution in [2.45, 2.75) is 39.2 Å². The third-order valence-corrected chi connectivity index (χ3v) is 4.59. The number of aryl methyl sites for hydroxylation is 2. The van der Waals surface area contributed by atoms with Gasteiger partial charge in [-0.25, -0.2) is 4.98 Å². The Morgan fingerprint density at radius 3 is 3.00 bits per heavy atom. The maximum Gasteiger partial charge on any atom is 0.254 e. The predicted octanol–water partition coefficient (Wildman–Crippen LogP) is 3.23. The average Bonchev–Trinajstić information content (AvgIpc) is 3.00. The molecule has 1 aliphatic carbocycles. The first-order valence-corrected chi connectivity index (χ1v) is 7.75. The fourth-order valence-corrected chi connectivity index (χ4v) is 3.27. The lowest BCUT2D eigenvalue weighted by molar-refractivity contribution is 0.595. The van der Waals surface area contributed by atoms with Crippen molar-refractivity contribution in [3.05, 3.63) is 53.0 Å². The van der Waals surface area contributed by atoms with Crippen LogP contribution in [0.15, 0.2) is 30.6 Å². The highest BCUT2D eigenvalue weighted by Crippen LogP contribution is 2.33. The molecule has 3 aromatic rings. The number of hydrogen-bond donors (Lipinski definition) is 1. The van der Waals surface area contributed by atoms with Crippen LogP contribution in [-0.4, -0.2) is 19.6 Å². The molecular formula is C17H19N5. The van der Waals surface area contributed by atoms with Crippen LogP contribution >= 0.6 is 0 Å². The Hall–Kier alpha value is -2.43. The monoisotopic (exact) mass is 293 g/mol. The minimum atomic E-state index is 0.317. The van der Waals surface area contributed by atoms with Crippen LogP contribution < -0.4 is 5.32 Å². The van der Waals surface area contributed by atoms with Gasteiger partial charge in [-0.2, -0.15) is 14.6 Å². The summed E-state index contributed by atoms with van der Waals surface area (Å²) in [4.78, 5) is 8.70. The Morgan fingerprint density at radius 1 is 1.23 bits per heavy atom. The van der Waals surface area contributed by atoms with Gasteiger partial charge in [0.2, 0.25) is 0 Å². The van der Waals surface area contributed by atoms with Gasteiger partial charge < -0.3 is 5.32 Å². The second-order valence-electron chi connectivity index (χ2n) is 5.93. The molecule has 0 aliphatic heterocycles. The van der Waals surface area contributed by atoms with Crippen LogP contribution in [0.3, 0.4) is 0 Å². The minimum Gasteiger partial charge on any atom is -0.363 e. The van der Waals surface area contributed by atoms with Gasteiger partial charge in [0.1, 0.15) is 12.1 Å². The molecule has 5 heteroatoms. The van der Waals surface area contributed by atoms with Crippen LogP contribution in [0.25, 0.3) is 5.78 Å². The largest absolute Gasteiger partial charge is 0.363 e. The van der Waals surface area contributed by atoms with E-state index in [1.807, 2.05) is 6.92 Å². The number of aromatic nitrogens is 4. The SMILES string of the molecule is Cc1nc2ncnn2c(NC2CCCc3ccccc32)c1C. The van der Waals surface area contributed by atoms with Gasteiger partial charge in [-0.1, -0.05) is 24.3 Å². The summed E-state index contributed by atoms with van der Waals surface area (Å²) in [5, 5.41) is 8.02. The van der Waals surface area contributed by atoms with Gasteiger partial charge in [0.25, 0.3) is 5.78 Å². The molecule has 0 radical (unpaired) electrons. The highest BCUT2D eigenvalue weighted by Gasteiger charge is 2.22. The molecule has 0 amide bonds. The molecule has 1 aliphatic rings. The summed E-state index contributed by atoms with van der Waals surface area (Å²) < 4.78 is 1.81. The van der Waals surface area contributed by atoms with Crippen molar-refractivity contribution >= 4 is 11.6 Å². The zero-order valence-electron chi connectivity index (χ0n) is 12.9. The van der Waals surface area contributed by atoms with E-state index in [1.165, 1.54) is 24.0 Å². The molecule has 2 heterocycles. The summed E-state index contributed by atoms with van der Waals surface area (Å²) in [7, 11) is 0. The summed E-state index contributed by atoms with van der Waals surface area (Å²) in [6.45, 7) is 4.10. The molecular weight excluding hydrogens is 274 g/mol. The number of rotatable bonds is 2. The van der Waals surface area contributed by atoms with Gasteiger partial charge in [-0.3, -0.25) is 0 Å². The Kier molecular flexibility index (Phi) is 3.06. The molecule has 0 bridgehead atoms. The van der Waals surface area contributed by atoms with Gasteiger partial charge in [0.05, 0.1) is 6.04 Å². The van der Waals surface area contributed by atoms with Crippen LogP contribution in [-0.2, 0) is 6.42 Å². The summed E-state index contributed by atoms with van der Waals surface area (Å²) in [6, 6.07) is 9.03. The van der Waals surface area contributed by atoms with Gasteiger partial charge in [-0.15, -0.1) is 0 Å². The lowest BCUT2D eigenvalue weighted by Gasteiger charge is -2.28. The van der Waals surface area contributed by atoms with Gasteiger partial charge in [0.15, 0.2) is 0 Å². The maximum absolute atomic E-state index is 4.48. The smallest absolute Gasteiger partial charge is 0.254 e. The highest BCUT2D eigenvalue weighted by molar-refractivity contribution is 5.53. The summed E-state index contributed by atoms with van der Waals surface area (Å²) >= 11 is 0. The highest BCUT2D eigenvalue weighted by atomic mass is 15.4. The van der Waals surface area contributed by atoms with Crippen molar-refractivity contribution in [2.24, 2.45) is 0 Å². The molecule has 1 atom stereocenters. The van der Waals surface area contributed by atoms with E-state index in [1.54, 1.807) is 10.8 Å². The molecule has 1 unspecified atom stereocenters. The van der Waals surface area contributed by atoms with Crippen LogP contribution in [0.2, 0.25) is 0 Å². The average molecular weight is 293 g/mol. The normalized spacial score (nSPS) is 17.5. The fraction of sp³-hybridized carbons (Fsp3) is 0.353. The standard InChI is InChI=1S/C17H19N5/c1-11-12(2)20-17-18-10-19-22(17)16(11)21-15-9-5-7-13-6-3-4-8-14(13)15/h3-4,6,8,10,15,21H,5,7,9H2,1-2H3. The van der Waals surface area contributed by atoms with Crippen LogP contribution in [0.5, 0.6) is 0 Å². The molecule has 2 aromatic heterocycles. The quantitative estimate of drug-likeness (QED) is 0.788. The molecule has 0 fully saturated rings. The van der Waals surface area contributed by atoms with E-state index in [2.05, 4.69) is 51.6 Å². The van der Waals surface area contributed by atoms with Crippen molar-refractivity contribution in [1.82, 2.24) is 19.6 Å². The van der Waals surface area contributed by atoms with E-state index < -0.39 is 0 Å². The van der Waals surface area contributed by atoms with E-state index in [0.717, 1.165) is 23.5 Å². The lowest BCUT2D eigenvalue weighted by Crippen LogP contribution is -2.20. The number of hydrogen-bond acceptors (Lipinski definition) is 4. The lowest BCUT2D eigenvalue weighted by atomic mass is 9.87. The number of nitrogens with one attached hydrogen (secondary N) is 1. The first-order valence-electron chi connectivity index (χ1n) is 7.75. The third-order valence-electron chi connectivity index (χ3n) is 4.59. The Labute approximate surface area is 129 Å². The molecule has 1 N–H and O–H groups in total. The molecule has 112 valence electrons. The topological polar surface area (TPSA) is 55.1 Å². The maximum atomic E-state index is 4.48. The minimum absolute atomic E-state index is 0.317. The Balaban J connectivity index is 1.79. The van der Waals surface area contributed by atoms with Crippen LogP contribution in [0.1, 0.15) is 41.3 Å². The van der Waals surface area contributed by atoms with Gasteiger partial charge in [0, 0.05) is 11.3 Å². The summed E-state index contributed by atoms with van der Waals surface area (Å²) in [5.41, 5.74) is 4.97. The first kappa shape index (κ1) is 13.2. The van der Waals surface area contributed by atoms with E-state index >= 15 is 0 Å². The van der Waals surface area contributed by atoms with Crippen molar-refractivity contribution in [2.75, 3.05) is 5.32 Å².